The van der Waals surface area contributed by atoms with Gasteiger partial charge < -0.3 is 9.99 Å². The molecule has 0 saturated carbocycles. The third kappa shape index (κ3) is 5.97. The van der Waals surface area contributed by atoms with Crippen molar-refractivity contribution in [2.75, 3.05) is 19.3 Å². The van der Waals surface area contributed by atoms with Crippen LogP contribution in [0.3, 0.4) is 0 Å². The molecule has 0 bridgehead atoms. The summed E-state index contributed by atoms with van der Waals surface area (Å²) in [4.78, 5) is 0. The summed E-state index contributed by atoms with van der Waals surface area (Å²) >= 11 is 0. The van der Waals surface area contributed by atoms with Gasteiger partial charge in [-0.15, -0.1) is 0 Å². The van der Waals surface area contributed by atoms with Crippen molar-refractivity contribution in [3.63, 3.8) is 0 Å². The molecular formula is C42H36N4OP2. The first-order chi connectivity index (χ1) is 24.2. The summed E-state index contributed by atoms with van der Waals surface area (Å²) in [6, 6.07) is 55.7. The molecule has 0 spiro atoms. The zero-order chi connectivity index (χ0) is 33.0. The van der Waals surface area contributed by atoms with Gasteiger partial charge in [0.15, 0.2) is 0 Å². The molecule has 0 amide bonds. The number of rotatable bonds is 9. The number of hydrogen-bond acceptors (Lipinski definition) is 3. The highest BCUT2D eigenvalue weighted by atomic mass is 31.2. The Morgan fingerprint density at radius 2 is 1.14 bits per heavy atom. The third-order valence-electron chi connectivity index (χ3n) is 8.76. The summed E-state index contributed by atoms with van der Waals surface area (Å²) in [7, 11) is -3.14. The van der Waals surface area contributed by atoms with Crippen molar-refractivity contribution in [3.05, 3.63) is 188 Å². The highest BCUT2D eigenvalue weighted by Crippen LogP contribution is 2.69. The van der Waals surface area contributed by atoms with Gasteiger partial charge in [0.1, 0.15) is 0 Å². The maximum absolute atomic E-state index is 16.0. The van der Waals surface area contributed by atoms with E-state index >= 15 is 4.57 Å². The van der Waals surface area contributed by atoms with Crippen LogP contribution in [0.2, 0.25) is 0 Å². The van der Waals surface area contributed by atoms with Crippen molar-refractivity contribution in [1.82, 2.24) is 0 Å². The van der Waals surface area contributed by atoms with Crippen LogP contribution in [0.15, 0.2) is 188 Å². The number of anilines is 7. The second-order valence-corrected chi connectivity index (χ2v) is 15.6. The van der Waals surface area contributed by atoms with E-state index in [1.54, 1.807) is 0 Å². The van der Waals surface area contributed by atoms with Crippen LogP contribution in [0.5, 0.6) is 0 Å². The van der Waals surface area contributed by atoms with E-state index in [1.807, 2.05) is 82.1 Å². The van der Waals surface area contributed by atoms with Gasteiger partial charge in [0.2, 0.25) is 0 Å². The molecule has 49 heavy (non-hydrogen) atoms. The van der Waals surface area contributed by atoms with Crippen molar-refractivity contribution in [2.45, 2.75) is 12.8 Å². The van der Waals surface area contributed by atoms with Crippen LogP contribution >= 0.6 is 16.2 Å². The molecule has 1 unspecified atom stereocenters. The number of para-hydroxylation sites is 7. The summed E-state index contributed by atoms with van der Waals surface area (Å²) in [5, 5.41) is 5.59. The minimum Gasteiger partial charge on any atom is -0.354 e. The maximum atomic E-state index is 16.0. The van der Waals surface area contributed by atoms with E-state index in [-0.39, 0.29) is 0 Å². The highest BCUT2D eigenvalue weighted by Gasteiger charge is 2.48. The lowest BCUT2D eigenvalue weighted by molar-refractivity contribution is 0.582. The van der Waals surface area contributed by atoms with E-state index in [2.05, 4.69) is 119 Å². The lowest BCUT2D eigenvalue weighted by atomic mass is 10.1. The van der Waals surface area contributed by atoms with Crippen LogP contribution in [0.25, 0.3) is 0 Å². The van der Waals surface area contributed by atoms with Crippen molar-refractivity contribution in [3.8, 4) is 0 Å². The van der Waals surface area contributed by atoms with Crippen LogP contribution in [0.4, 0.5) is 39.8 Å². The molecule has 6 aromatic carbocycles. The minimum atomic E-state index is -3.43. The van der Waals surface area contributed by atoms with Crippen molar-refractivity contribution in [1.29, 1.82) is 0 Å². The van der Waals surface area contributed by atoms with Gasteiger partial charge in [-0.1, -0.05) is 103 Å². The summed E-state index contributed by atoms with van der Waals surface area (Å²) in [5.74, 6) is 0. The zero-order valence-corrected chi connectivity index (χ0v) is 28.8. The van der Waals surface area contributed by atoms with Gasteiger partial charge in [0.05, 0.1) is 28.1 Å². The van der Waals surface area contributed by atoms with Crippen molar-refractivity contribution in [2.24, 2.45) is 0 Å². The summed E-state index contributed by atoms with van der Waals surface area (Å²) in [5.41, 5.74) is 8.02. The van der Waals surface area contributed by atoms with Gasteiger partial charge in [-0.05, 0) is 97.0 Å². The lowest BCUT2D eigenvalue weighted by Gasteiger charge is -2.33. The first-order valence-electron chi connectivity index (χ1n) is 16.6. The molecule has 7 heteroatoms. The standard InChI is InChI=1S/C42H36N4OP2/c47-49(45(35-21-9-3-10-22-35)41-27-15-16-28-42(41)46(49)36-23-11-4-12-24-36)38-31-29-37(30-32-38)48-44(34-19-7-2-8-20-34)40-26-14-13-25-39(40)43-33-17-5-1-6-18-33/h2-5,7-32,43,48H,1,6H2. The van der Waals surface area contributed by atoms with Crippen LogP contribution in [0.1, 0.15) is 12.8 Å². The van der Waals surface area contributed by atoms with Crippen LogP contribution in [-0.4, -0.2) is 0 Å². The Kier molecular flexibility index (Phi) is 8.62. The van der Waals surface area contributed by atoms with Crippen LogP contribution in [0, 0.1) is 0 Å². The SMILES string of the molecule is O=P1(c2ccc(PN(c3ccccc3)c3ccccc3NC3=CCCC=C3)cc2)N(c2ccccc2)c2ccccc2N1c1ccccc1. The van der Waals surface area contributed by atoms with Gasteiger partial charge in [-0.2, -0.15) is 0 Å². The van der Waals surface area contributed by atoms with Gasteiger partial charge in [0, 0.05) is 31.5 Å². The third-order valence-corrected chi connectivity index (χ3v) is 13.0. The molecule has 1 N–H and O–H groups in total. The average Bonchev–Trinajstić information content (AvgIpc) is 3.44. The Hall–Kier alpha value is -5.34. The highest BCUT2D eigenvalue weighted by molar-refractivity contribution is 7.76. The molecule has 1 atom stereocenters. The topological polar surface area (TPSA) is 38.8 Å². The number of allylic oxidation sites excluding steroid dienone is 3. The fraction of sp³-hybridized carbons (Fsp3) is 0.0476. The van der Waals surface area contributed by atoms with E-state index in [9.17, 15) is 0 Å². The summed E-state index contributed by atoms with van der Waals surface area (Å²) in [6.07, 6.45) is 8.75. The minimum absolute atomic E-state index is 0.296. The molecular weight excluding hydrogens is 638 g/mol. The molecule has 0 aromatic heterocycles. The second kappa shape index (κ2) is 13.6. The normalized spacial score (nSPS) is 14.9. The number of fused-ring (bicyclic) bond motifs is 1. The predicted octanol–water partition coefficient (Wildman–Crippen LogP) is 11.2. The summed E-state index contributed by atoms with van der Waals surface area (Å²) < 4.78 is 22.4. The molecule has 0 fully saturated rings. The Labute approximate surface area is 290 Å². The molecule has 6 aromatic rings. The van der Waals surface area contributed by atoms with E-state index in [0.717, 1.165) is 69.0 Å². The Balaban J connectivity index is 1.19. The van der Waals surface area contributed by atoms with Crippen molar-refractivity contribution >= 4 is 66.6 Å². The molecule has 1 aliphatic carbocycles. The van der Waals surface area contributed by atoms with Crippen LogP contribution < -0.4 is 29.9 Å². The van der Waals surface area contributed by atoms with E-state index in [4.69, 9.17) is 0 Å². The van der Waals surface area contributed by atoms with Gasteiger partial charge in [-0.3, -0.25) is 13.9 Å². The fourth-order valence-corrected chi connectivity index (χ4v) is 10.7. The van der Waals surface area contributed by atoms with Gasteiger partial charge in [-0.25, -0.2) is 0 Å². The van der Waals surface area contributed by atoms with E-state index in [0.29, 0.717) is 8.73 Å². The maximum Gasteiger partial charge on any atom is 0.301 e. The zero-order valence-electron chi connectivity index (χ0n) is 26.9. The molecule has 0 radical (unpaired) electrons. The quantitative estimate of drug-likeness (QED) is 0.155. The molecule has 8 rings (SSSR count). The Bertz CT molecular complexity index is 2100. The first kappa shape index (κ1) is 31.0. The Morgan fingerprint density at radius 3 is 1.73 bits per heavy atom. The first-order valence-corrected chi connectivity index (χ1v) is 19.1. The number of hydrogen-bond donors (Lipinski definition) is 1. The fourth-order valence-electron chi connectivity index (χ4n) is 6.50. The van der Waals surface area contributed by atoms with E-state index < -0.39 is 7.44 Å². The second-order valence-electron chi connectivity index (χ2n) is 11.9. The molecule has 1 heterocycles. The molecule has 2 aliphatic rings. The summed E-state index contributed by atoms with van der Waals surface area (Å²) in [6.45, 7) is 0. The Morgan fingerprint density at radius 1 is 0.592 bits per heavy atom. The molecule has 5 nitrogen and oxygen atoms in total. The number of benzene rings is 6. The number of nitrogens with one attached hydrogen (secondary N) is 1. The average molecular weight is 675 g/mol. The predicted molar refractivity (Wildman–Crippen MR) is 210 cm³/mol. The van der Waals surface area contributed by atoms with E-state index in [1.165, 1.54) is 0 Å². The van der Waals surface area contributed by atoms with Crippen molar-refractivity contribution < 1.29 is 4.57 Å². The number of nitrogens with zero attached hydrogens (tertiary/aromatic N) is 3. The molecule has 0 saturated heterocycles. The molecule has 240 valence electrons. The largest absolute Gasteiger partial charge is 0.354 e. The lowest BCUT2D eigenvalue weighted by Crippen LogP contribution is -2.27. The monoisotopic (exact) mass is 674 g/mol. The van der Waals surface area contributed by atoms with Gasteiger partial charge >= 0.3 is 7.44 Å². The van der Waals surface area contributed by atoms with Gasteiger partial charge in [0.25, 0.3) is 0 Å². The smallest absolute Gasteiger partial charge is 0.301 e. The molecule has 1 aliphatic heterocycles. The van der Waals surface area contributed by atoms with Crippen LogP contribution in [-0.2, 0) is 4.57 Å².